The van der Waals surface area contributed by atoms with Crippen LogP contribution in [-0.2, 0) is 4.74 Å². The molecular weight excluding hydrogens is 164 g/mol. The van der Waals surface area contributed by atoms with E-state index < -0.39 is 0 Å². The third kappa shape index (κ3) is 2.98. The summed E-state index contributed by atoms with van der Waals surface area (Å²) >= 11 is 0. The second kappa shape index (κ2) is 5.21. The molecule has 0 radical (unpaired) electrons. The first-order chi connectivity index (χ1) is 6.27. The summed E-state index contributed by atoms with van der Waals surface area (Å²) in [6, 6.07) is 2.98. The van der Waals surface area contributed by atoms with Crippen molar-refractivity contribution in [3.63, 3.8) is 0 Å². The van der Waals surface area contributed by atoms with Crippen molar-refractivity contribution < 1.29 is 4.74 Å². The second-order valence-corrected chi connectivity index (χ2v) is 3.61. The van der Waals surface area contributed by atoms with E-state index in [0.29, 0.717) is 24.6 Å². The van der Waals surface area contributed by atoms with Gasteiger partial charge in [-0.2, -0.15) is 5.26 Å². The van der Waals surface area contributed by atoms with Crippen LogP contribution < -0.4 is 5.32 Å². The lowest BCUT2D eigenvalue weighted by molar-refractivity contribution is 0.111. The van der Waals surface area contributed by atoms with Crippen LogP contribution in [0.3, 0.4) is 0 Å². The van der Waals surface area contributed by atoms with Crippen LogP contribution in [0.15, 0.2) is 0 Å². The molecule has 1 N–H and O–H groups in total. The smallest absolute Gasteiger partial charge is 0.0700 e. The summed E-state index contributed by atoms with van der Waals surface area (Å²) < 4.78 is 5.44. The van der Waals surface area contributed by atoms with Crippen LogP contribution in [0.25, 0.3) is 0 Å². The number of nitrogens with one attached hydrogen (secondary N) is 1. The molecule has 3 atom stereocenters. The molecule has 74 valence electrons. The molecule has 3 heteroatoms. The molecule has 0 aliphatic carbocycles. The Kier molecular flexibility index (Phi) is 4.20. The third-order valence-corrected chi connectivity index (χ3v) is 2.66. The summed E-state index contributed by atoms with van der Waals surface area (Å²) in [5, 5.41) is 12.1. The molecule has 3 unspecified atom stereocenters. The van der Waals surface area contributed by atoms with Gasteiger partial charge in [0.2, 0.25) is 0 Å². The van der Waals surface area contributed by atoms with Crippen LogP contribution in [-0.4, -0.2) is 24.8 Å². The molecule has 1 aliphatic rings. The molecule has 0 aromatic carbocycles. The van der Waals surface area contributed by atoms with E-state index in [2.05, 4.69) is 25.2 Å². The van der Waals surface area contributed by atoms with Gasteiger partial charge in [-0.15, -0.1) is 0 Å². The fourth-order valence-corrected chi connectivity index (χ4v) is 1.68. The fraction of sp³-hybridized carbons (Fsp3) is 0.900. The third-order valence-electron chi connectivity index (χ3n) is 2.66. The normalized spacial score (nSPS) is 29.9. The van der Waals surface area contributed by atoms with E-state index >= 15 is 0 Å². The molecule has 0 spiro atoms. The van der Waals surface area contributed by atoms with E-state index in [1.54, 1.807) is 0 Å². The number of hydrogen-bond acceptors (Lipinski definition) is 3. The van der Waals surface area contributed by atoms with Crippen LogP contribution in [0.2, 0.25) is 0 Å². The largest absolute Gasteiger partial charge is 0.377 e. The molecular formula is C10H18N2O. The zero-order valence-electron chi connectivity index (χ0n) is 8.42. The van der Waals surface area contributed by atoms with E-state index in [1.807, 2.05) is 0 Å². The van der Waals surface area contributed by atoms with Crippen molar-refractivity contribution in [2.24, 2.45) is 0 Å². The van der Waals surface area contributed by atoms with Crippen molar-refractivity contribution >= 4 is 0 Å². The van der Waals surface area contributed by atoms with Crippen LogP contribution in [0, 0.1) is 11.3 Å². The molecule has 0 amide bonds. The Morgan fingerprint density at radius 1 is 1.69 bits per heavy atom. The Morgan fingerprint density at radius 3 is 2.92 bits per heavy atom. The quantitative estimate of drug-likeness (QED) is 0.715. The van der Waals surface area contributed by atoms with Crippen molar-refractivity contribution in [2.75, 3.05) is 6.61 Å². The minimum absolute atomic E-state index is 0.299. The number of nitriles is 1. The maximum atomic E-state index is 8.59. The zero-order valence-corrected chi connectivity index (χ0v) is 8.42. The average molecular weight is 182 g/mol. The predicted molar refractivity (Wildman–Crippen MR) is 51.3 cm³/mol. The van der Waals surface area contributed by atoms with Crippen LogP contribution >= 0.6 is 0 Å². The lowest BCUT2D eigenvalue weighted by Crippen LogP contribution is -2.41. The van der Waals surface area contributed by atoms with Crippen molar-refractivity contribution in [1.82, 2.24) is 5.32 Å². The number of ether oxygens (including phenoxy) is 1. The molecule has 1 fully saturated rings. The van der Waals surface area contributed by atoms with E-state index in [9.17, 15) is 0 Å². The van der Waals surface area contributed by atoms with Gasteiger partial charge in [-0.1, -0.05) is 6.92 Å². The highest BCUT2D eigenvalue weighted by molar-refractivity contribution is 4.86. The van der Waals surface area contributed by atoms with Crippen molar-refractivity contribution in [3.8, 4) is 6.07 Å². The molecule has 0 aromatic rings. The molecule has 13 heavy (non-hydrogen) atoms. The van der Waals surface area contributed by atoms with E-state index in [4.69, 9.17) is 10.00 Å². The van der Waals surface area contributed by atoms with Gasteiger partial charge >= 0.3 is 0 Å². The maximum absolute atomic E-state index is 8.59. The first-order valence-electron chi connectivity index (χ1n) is 5.02. The molecule has 1 heterocycles. The summed E-state index contributed by atoms with van der Waals surface area (Å²) in [6.07, 6.45) is 2.98. The summed E-state index contributed by atoms with van der Waals surface area (Å²) in [6.45, 7) is 5.04. The van der Waals surface area contributed by atoms with Gasteiger partial charge in [0.05, 0.1) is 18.6 Å². The molecule has 1 saturated heterocycles. The van der Waals surface area contributed by atoms with Crippen LogP contribution in [0.1, 0.15) is 33.1 Å². The van der Waals surface area contributed by atoms with Gasteiger partial charge in [-0.25, -0.2) is 0 Å². The molecule has 0 bridgehead atoms. The van der Waals surface area contributed by atoms with E-state index in [0.717, 1.165) is 19.4 Å². The summed E-state index contributed by atoms with van der Waals surface area (Å²) in [4.78, 5) is 0. The van der Waals surface area contributed by atoms with Gasteiger partial charge in [0.15, 0.2) is 0 Å². The van der Waals surface area contributed by atoms with Gasteiger partial charge < -0.3 is 10.1 Å². The highest BCUT2D eigenvalue weighted by atomic mass is 16.5. The highest BCUT2D eigenvalue weighted by Gasteiger charge is 2.25. The summed E-state index contributed by atoms with van der Waals surface area (Å²) in [7, 11) is 0. The second-order valence-electron chi connectivity index (χ2n) is 3.61. The molecule has 1 aliphatic heterocycles. The first kappa shape index (κ1) is 10.5. The van der Waals surface area contributed by atoms with Crippen molar-refractivity contribution in [3.05, 3.63) is 0 Å². The Labute approximate surface area is 80.1 Å². The van der Waals surface area contributed by atoms with Gasteiger partial charge in [0.1, 0.15) is 0 Å². The zero-order chi connectivity index (χ0) is 9.68. The van der Waals surface area contributed by atoms with Gasteiger partial charge in [-0.3, -0.25) is 0 Å². The van der Waals surface area contributed by atoms with Crippen molar-refractivity contribution in [2.45, 2.75) is 51.3 Å². The lowest BCUT2D eigenvalue weighted by atomic mass is 10.1. The monoisotopic (exact) mass is 182 g/mol. The van der Waals surface area contributed by atoms with E-state index in [-0.39, 0.29) is 0 Å². The summed E-state index contributed by atoms with van der Waals surface area (Å²) in [5.74, 6) is 0. The first-order valence-corrected chi connectivity index (χ1v) is 5.02. The van der Waals surface area contributed by atoms with Gasteiger partial charge in [0.25, 0.3) is 0 Å². The standard InChI is InChI=1S/C10H18N2O/c1-3-9(4-6-11)12-10-5-7-13-8(10)2/h8-10,12H,3-5,7H2,1-2H3. The van der Waals surface area contributed by atoms with Crippen molar-refractivity contribution in [1.29, 1.82) is 5.26 Å². The van der Waals surface area contributed by atoms with Gasteiger partial charge in [-0.05, 0) is 19.8 Å². The number of hydrogen-bond donors (Lipinski definition) is 1. The summed E-state index contributed by atoms with van der Waals surface area (Å²) in [5.41, 5.74) is 0. The minimum atomic E-state index is 0.299. The Balaban J connectivity index is 2.32. The molecule has 0 saturated carbocycles. The lowest BCUT2D eigenvalue weighted by Gasteiger charge is -2.21. The van der Waals surface area contributed by atoms with Crippen LogP contribution in [0.4, 0.5) is 0 Å². The molecule has 3 nitrogen and oxygen atoms in total. The Morgan fingerprint density at radius 2 is 2.46 bits per heavy atom. The van der Waals surface area contributed by atoms with Crippen LogP contribution in [0.5, 0.6) is 0 Å². The average Bonchev–Trinajstić information content (AvgIpc) is 2.51. The SMILES string of the molecule is CCC(CC#N)NC1CCOC1C. The number of rotatable bonds is 4. The molecule has 1 rings (SSSR count). The Bertz CT molecular complexity index is 188. The highest BCUT2D eigenvalue weighted by Crippen LogP contribution is 2.14. The molecule has 0 aromatic heterocycles. The van der Waals surface area contributed by atoms with E-state index in [1.165, 1.54) is 0 Å². The predicted octanol–water partition coefficient (Wildman–Crippen LogP) is 1.45. The maximum Gasteiger partial charge on any atom is 0.0700 e. The topological polar surface area (TPSA) is 45.0 Å². The fourth-order valence-electron chi connectivity index (χ4n) is 1.68. The Hall–Kier alpha value is -0.590. The van der Waals surface area contributed by atoms with Gasteiger partial charge in [0, 0.05) is 18.7 Å². The number of nitrogens with zero attached hydrogens (tertiary/aromatic N) is 1. The minimum Gasteiger partial charge on any atom is -0.377 e.